The van der Waals surface area contributed by atoms with Crippen LogP contribution in [0, 0.1) is 0 Å². The third-order valence-corrected chi connectivity index (χ3v) is 5.25. The molecule has 0 radical (unpaired) electrons. The Hall–Kier alpha value is -2.79. The summed E-state index contributed by atoms with van der Waals surface area (Å²) in [5, 5.41) is 4.29. The van der Waals surface area contributed by atoms with Crippen molar-refractivity contribution in [3.8, 4) is 17.2 Å². The van der Waals surface area contributed by atoms with Gasteiger partial charge in [-0.05, 0) is 61.3 Å². The summed E-state index contributed by atoms with van der Waals surface area (Å²) in [4.78, 5) is 2.53. The van der Waals surface area contributed by atoms with Crippen LogP contribution in [0.1, 0.15) is 30.0 Å². The molecular formula is C22H25N3O2. The van der Waals surface area contributed by atoms with Crippen molar-refractivity contribution >= 4 is 0 Å². The van der Waals surface area contributed by atoms with Crippen molar-refractivity contribution in [1.29, 1.82) is 0 Å². The quantitative estimate of drug-likeness (QED) is 0.657. The molecule has 0 bridgehead atoms. The van der Waals surface area contributed by atoms with Gasteiger partial charge in [-0.2, -0.15) is 5.10 Å². The van der Waals surface area contributed by atoms with Crippen molar-refractivity contribution in [3.05, 3.63) is 72.1 Å². The van der Waals surface area contributed by atoms with E-state index >= 15 is 0 Å². The zero-order valence-electron chi connectivity index (χ0n) is 15.8. The Morgan fingerprint density at radius 1 is 1.07 bits per heavy atom. The number of ether oxygens (including phenoxy) is 2. The molecule has 0 aliphatic carbocycles. The molecule has 0 N–H and O–H groups in total. The van der Waals surface area contributed by atoms with E-state index in [-0.39, 0.29) is 0 Å². The first kappa shape index (κ1) is 17.6. The fourth-order valence-corrected chi connectivity index (χ4v) is 3.88. The van der Waals surface area contributed by atoms with Gasteiger partial charge < -0.3 is 9.47 Å². The number of hydrogen-bond acceptors (Lipinski definition) is 4. The number of benzene rings is 2. The lowest BCUT2D eigenvalue weighted by atomic mass is 10.0. The number of hydrogen-bond donors (Lipinski definition) is 0. The van der Waals surface area contributed by atoms with Crippen molar-refractivity contribution in [2.75, 3.05) is 20.8 Å². The standard InChI is InChI=1S/C22H25N3O2/c1-26-19-10-11-22(27-2)20(15-19)21-5-3-13-24(21)16-17-6-8-18(9-7-17)25-14-4-12-23-25/h4,6-12,14-15,21H,3,5,13,16H2,1-2H3. The summed E-state index contributed by atoms with van der Waals surface area (Å²) in [7, 11) is 3.44. The zero-order chi connectivity index (χ0) is 18.6. The molecule has 2 heterocycles. The van der Waals surface area contributed by atoms with Crippen molar-refractivity contribution < 1.29 is 9.47 Å². The lowest BCUT2D eigenvalue weighted by molar-refractivity contribution is 0.242. The summed E-state index contributed by atoms with van der Waals surface area (Å²) in [5.41, 5.74) is 3.60. The van der Waals surface area contributed by atoms with E-state index in [1.54, 1.807) is 20.4 Å². The smallest absolute Gasteiger partial charge is 0.123 e. The van der Waals surface area contributed by atoms with Crippen molar-refractivity contribution in [2.24, 2.45) is 0 Å². The highest BCUT2D eigenvalue weighted by Gasteiger charge is 2.28. The summed E-state index contributed by atoms with van der Waals surface area (Å²) < 4.78 is 12.9. The molecular weight excluding hydrogens is 338 g/mol. The Kier molecular flexibility index (Phi) is 5.12. The second kappa shape index (κ2) is 7.84. The van der Waals surface area contributed by atoms with Crippen LogP contribution < -0.4 is 9.47 Å². The number of methoxy groups -OCH3 is 2. The molecule has 4 rings (SSSR count). The van der Waals surface area contributed by atoms with Gasteiger partial charge in [0.25, 0.3) is 0 Å². The van der Waals surface area contributed by atoms with E-state index in [4.69, 9.17) is 9.47 Å². The van der Waals surface area contributed by atoms with Crippen LogP contribution in [-0.2, 0) is 6.54 Å². The number of aromatic nitrogens is 2. The van der Waals surface area contributed by atoms with Gasteiger partial charge in [0.05, 0.1) is 19.9 Å². The molecule has 27 heavy (non-hydrogen) atoms. The van der Waals surface area contributed by atoms with E-state index in [0.29, 0.717) is 6.04 Å². The molecule has 5 heteroatoms. The molecule has 1 aliphatic heterocycles. The van der Waals surface area contributed by atoms with Crippen LogP contribution in [0.2, 0.25) is 0 Å². The fraction of sp³-hybridized carbons (Fsp3) is 0.318. The number of nitrogens with zero attached hydrogens (tertiary/aromatic N) is 3. The Morgan fingerprint density at radius 2 is 1.93 bits per heavy atom. The maximum Gasteiger partial charge on any atom is 0.123 e. The third kappa shape index (κ3) is 3.69. The van der Waals surface area contributed by atoms with Gasteiger partial charge in [-0.15, -0.1) is 0 Å². The Bertz CT molecular complexity index is 875. The van der Waals surface area contributed by atoms with Gasteiger partial charge in [0, 0.05) is 30.5 Å². The molecule has 140 valence electrons. The molecule has 3 aromatic rings. The minimum Gasteiger partial charge on any atom is -0.497 e. The predicted octanol–water partition coefficient (Wildman–Crippen LogP) is 4.23. The maximum atomic E-state index is 5.62. The predicted molar refractivity (Wildman–Crippen MR) is 105 cm³/mol. The van der Waals surface area contributed by atoms with Crippen LogP contribution in [0.5, 0.6) is 11.5 Å². The van der Waals surface area contributed by atoms with E-state index in [1.165, 1.54) is 17.5 Å². The first-order valence-corrected chi connectivity index (χ1v) is 9.33. The van der Waals surface area contributed by atoms with Crippen LogP contribution >= 0.6 is 0 Å². The van der Waals surface area contributed by atoms with Crippen LogP contribution in [-0.4, -0.2) is 35.4 Å². The minimum absolute atomic E-state index is 0.348. The molecule has 1 unspecified atom stereocenters. The van der Waals surface area contributed by atoms with Crippen LogP contribution in [0.4, 0.5) is 0 Å². The highest BCUT2D eigenvalue weighted by Crippen LogP contribution is 2.39. The van der Waals surface area contributed by atoms with E-state index in [2.05, 4.69) is 40.3 Å². The summed E-state index contributed by atoms with van der Waals surface area (Å²) in [6, 6.07) is 17.0. The SMILES string of the molecule is COc1ccc(OC)c(C2CCCN2Cc2ccc(-n3cccn3)cc2)c1. The van der Waals surface area contributed by atoms with Crippen LogP contribution in [0.15, 0.2) is 60.9 Å². The van der Waals surface area contributed by atoms with Gasteiger partial charge in [-0.25, -0.2) is 4.68 Å². The lowest BCUT2D eigenvalue weighted by Crippen LogP contribution is -2.23. The first-order chi connectivity index (χ1) is 13.3. The summed E-state index contributed by atoms with van der Waals surface area (Å²) in [6.45, 7) is 2.01. The van der Waals surface area contributed by atoms with Gasteiger partial charge in [-0.3, -0.25) is 4.90 Å². The van der Waals surface area contributed by atoms with E-state index in [0.717, 1.165) is 36.7 Å². The molecule has 0 saturated carbocycles. The number of rotatable bonds is 6. The molecule has 1 saturated heterocycles. The molecule has 0 amide bonds. The number of likely N-dealkylation sites (tertiary alicyclic amines) is 1. The van der Waals surface area contributed by atoms with Crippen LogP contribution in [0.3, 0.4) is 0 Å². The second-order valence-electron chi connectivity index (χ2n) is 6.85. The van der Waals surface area contributed by atoms with E-state index in [9.17, 15) is 0 Å². The fourth-order valence-electron chi connectivity index (χ4n) is 3.88. The Labute approximate surface area is 160 Å². The van der Waals surface area contributed by atoms with Gasteiger partial charge in [0.1, 0.15) is 11.5 Å². The van der Waals surface area contributed by atoms with E-state index in [1.807, 2.05) is 29.1 Å². The van der Waals surface area contributed by atoms with Crippen molar-refractivity contribution in [1.82, 2.24) is 14.7 Å². The van der Waals surface area contributed by atoms with Crippen molar-refractivity contribution in [3.63, 3.8) is 0 Å². The molecule has 1 atom stereocenters. The largest absolute Gasteiger partial charge is 0.497 e. The molecule has 1 aliphatic rings. The summed E-state index contributed by atoms with van der Waals surface area (Å²) >= 11 is 0. The van der Waals surface area contributed by atoms with Gasteiger partial charge in [-0.1, -0.05) is 12.1 Å². The minimum atomic E-state index is 0.348. The van der Waals surface area contributed by atoms with Crippen LogP contribution in [0.25, 0.3) is 5.69 Å². The highest BCUT2D eigenvalue weighted by atomic mass is 16.5. The highest BCUT2D eigenvalue weighted by molar-refractivity contribution is 5.43. The Balaban J connectivity index is 1.54. The monoisotopic (exact) mass is 363 g/mol. The second-order valence-corrected chi connectivity index (χ2v) is 6.85. The third-order valence-electron chi connectivity index (χ3n) is 5.25. The molecule has 0 spiro atoms. The van der Waals surface area contributed by atoms with Crippen molar-refractivity contribution in [2.45, 2.75) is 25.4 Å². The molecule has 5 nitrogen and oxygen atoms in total. The molecule has 1 aromatic heterocycles. The van der Waals surface area contributed by atoms with Gasteiger partial charge in [0.15, 0.2) is 0 Å². The summed E-state index contributed by atoms with van der Waals surface area (Å²) in [6.07, 6.45) is 6.08. The Morgan fingerprint density at radius 3 is 2.63 bits per heavy atom. The average molecular weight is 363 g/mol. The van der Waals surface area contributed by atoms with Gasteiger partial charge in [0.2, 0.25) is 0 Å². The van der Waals surface area contributed by atoms with E-state index < -0.39 is 0 Å². The average Bonchev–Trinajstić information content (AvgIpc) is 3.40. The van der Waals surface area contributed by atoms with Gasteiger partial charge >= 0.3 is 0 Å². The first-order valence-electron chi connectivity index (χ1n) is 9.33. The topological polar surface area (TPSA) is 39.5 Å². The lowest BCUT2D eigenvalue weighted by Gasteiger charge is -2.26. The maximum absolute atomic E-state index is 5.62. The zero-order valence-corrected chi connectivity index (χ0v) is 15.8. The normalized spacial score (nSPS) is 17.2. The molecule has 1 fully saturated rings. The molecule has 2 aromatic carbocycles. The summed E-state index contributed by atoms with van der Waals surface area (Å²) in [5.74, 6) is 1.81.